The standard InChI is InChI=1S/C10H9F2N3O3S/c1-5-4-18-10(14-5)15-19(16,17)8-3-6(13)2-7(11)9(8)12/h2-4H,13H2,1H3,(H,14,15). The Kier molecular flexibility index (Phi) is 3.14. The molecule has 19 heavy (non-hydrogen) atoms. The summed E-state index contributed by atoms with van der Waals surface area (Å²) in [5, 5.41) is 0. The average molecular weight is 289 g/mol. The summed E-state index contributed by atoms with van der Waals surface area (Å²) in [6.07, 6.45) is 1.20. The van der Waals surface area contributed by atoms with Crippen LogP contribution in [0.1, 0.15) is 5.69 Å². The summed E-state index contributed by atoms with van der Waals surface area (Å²) >= 11 is 0. The molecule has 0 spiro atoms. The third-order valence-electron chi connectivity index (χ3n) is 2.15. The van der Waals surface area contributed by atoms with Crippen LogP contribution >= 0.6 is 0 Å². The lowest BCUT2D eigenvalue weighted by Gasteiger charge is -2.07. The van der Waals surface area contributed by atoms with Gasteiger partial charge in [-0.1, -0.05) is 0 Å². The van der Waals surface area contributed by atoms with E-state index in [9.17, 15) is 17.2 Å². The average Bonchev–Trinajstić information content (AvgIpc) is 2.68. The van der Waals surface area contributed by atoms with Crippen molar-refractivity contribution in [1.82, 2.24) is 4.98 Å². The number of benzene rings is 1. The van der Waals surface area contributed by atoms with Gasteiger partial charge >= 0.3 is 6.01 Å². The molecule has 9 heteroatoms. The predicted molar refractivity (Wildman–Crippen MR) is 62.8 cm³/mol. The van der Waals surface area contributed by atoms with Crippen LogP contribution in [0.3, 0.4) is 0 Å². The van der Waals surface area contributed by atoms with Gasteiger partial charge in [0.1, 0.15) is 11.2 Å². The molecule has 0 saturated carbocycles. The van der Waals surface area contributed by atoms with Gasteiger partial charge in [-0.25, -0.2) is 21.9 Å². The Morgan fingerprint density at radius 1 is 1.37 bits per heavy atom. The van der Waals surface area contributed by atoms with E-state index in [0.29, 0.717) is 11.8 Å². The number of sulfonamides is 1. The molecule has 0 unspecified atom stereocenters. The van der Waals surface area contributed by atoms with E-state index in [1.165, 1.54) is 6.26 Å². The van der Waals surface area contributed by atoms with Gasteiger partial charge in [-0.15, -0.1) is 0 Å². The molecule has 0 atom stereocenters. The predicted octanol–water partition coefficient (Wildman–Crippen LogP) is 1.64. The van der Waals surface area contributed by atoms with Crippen LogP contribution in [0.5, 0.6) is 0 Å². The van der Waals surface area contributed by atoms with Crippen LogP contribution in [0, 0.1) is 18.6 Å². The summed E-state index contributed by atoms with van der Waals surface area (Å²) in [5.41, 5.74) is 5.49. The molecule has 0 aliphatic carbocycles. The van der Waals surface area contributed by atoms with Crippen LogP contribution in [0.25, 0.3) is 0 Å². The summed E-state index contributed by atoms with van der Waals surface area (Å²) in [7, 11) is -4.38. The second-order valence-electron chi connectivity index (χ2n) is 3.71. The highest BCUT2D eigenvalue weighted by atomic mass is 32.2. The first kappa shape index (κ1) is 13.3. The second kappa shape index (κ2) is 4.50. The quantitative estimate of drug-likeness (QED) is 0.837. The Balaban J connectivity index is 2.45. The number of halogens is 2. The van der Waals surface area contributed by atoms with E-state index in [-0.39, 0.29) is 11.7 Å². The Morgan fingerprint density at radius 2 is 2.05 bits per heavy atom. The summed E-state index contributed by atoms with van der Waals surface area (Å²) in [4.78, 5) is 2.78. The van der Waals surface area contributed by atoms with Crippen LogP contribution < -0.4 is 10.5 Å². The minimum absolute atomic E-state index is 0.220. The number of nitrogen functional groups attached to an aromatic ring is 1. The van der Waals surface area contributed by atoms with Crippen LogP contribution in [0.15, 0.2) is 27.7 Å². The Hall–Kier alpha value is -2.16. The summed E-state index contributed by atoms with van der Waals surface area (Å²) in [6.45, 7) is 1.57. The molecule has 0 aliphatic rings. The van der Waals surface area contributed by atoms with E-state index < -0.39 is 26.6 Å². The number of aromatic nitrogens is 1. The number of oxazole rings is 1. The molecule has 1 aromatic heterocycles. The molecule has 0 radical (unpaired) electrons. The van der Waals surface area contributed by atoms with Crippen molar-refractivity contribution in [2.24, 2.45) is 0 Å². The molecule has 1 heterocycles. The van der Waals surface area contributed by atoms with Crippen LogP contribution in [0.4, 0.5) is 20.5 Å². The van der Waals surface area contributed by atoms with Crippen molar-refractivity contribution in [3.05, 3.63) is 35.7 Å². The smallest absolute Gasteiger partial charge is 0.309 e. The van der Waals surface area contributed by atoms with E-state index in [2.05, 4.69) is 4.98 Å². The highest BCUT2D eigenvalue weighted by molar-refractivity contribution is 7.92. The highest BCUT2D eigenvalue weighted by Crippen LogP contribution is 2.23. The van der Waals surface area contributed by atoms with Crippen LogP contribution in [0.2, 0.25) is 0 Å². The third kappa shape index (κ3) is 2.65. The lowest BCUT2D eigenvalue weighted by Crippen LogP contribution is -2.16. The van der Waals surface area contributed by atoms with Crippen molar-refractivity contribution in [3.8, 4) is 0 Å². The maximum Gasteiger partial charge on any atom is 0.309 e. The monoisotopic (exact) mass is 289 g/mol. The number of anilines is 2. The van der Waals surface area contributed by atoms with Crippen molar-refractivity contribution in [2.45, 2.75) is 11.8 Å². The first-order chi connectivity index (χ1) is 8.79. The molecule has 2 aromatic rings. The number of nitrogens with one attached hydrogen (secondary N) is 1. The van der Waals surface area contributed by atoms with Gasteiger partial charge in [0.15, 0.2) is 11.6 Å². The molecule has 0 bridgehead atoms. The number of hydrogen-bond acceptors (Lipinski definition) is 5. The maximum absolute atomic E-state index is 13.5. The van der Waals surface area contributed by atoms with Gasteiger partial charge in [0, 0.05) is 5.69 Å². The summed E-state index contributed by atoms with van der Waals surface area (Å²) < 4.78 is 57.0. The molecule has 0 aliphatic heterocycles. The largest absolute Gasteiger partial charge is 0.431 e. The normalized spacial score (nSPS) is 11.5. The van der Waals surface area contributed by atoms with E-state index >= 15 is 0 Å². The summed E-state index contributed by atoms with van der Waals surface area (Å²) in [5.74, 6) is -2.88. The van der Waals surface area contributed by atoms with Crippen LogP contribution in [-0.4, -0.2) is 13.4 Å². The Morgan fingerprint density at radius 3 is 2.63 bits per heavy atom. The van der Waals surface area contributed by atoms with Crippen LogP contribution in [-0.2, 0) is 10.0 Å². The number of aryl methyl sites for hydroxylation is 1. The lowest BCUT2D eigenvalue weighted by molar-refractivity contribution is 0.485. The SMILES string of the molecule is Cc1coc(NS(=O)(=O)c2cc(N)cc(F)c2F)n1. The number of nitrogens with zero attached hydrogens (tertiary/aromatic N) is 1. The van der Waals surface area contributed by atoms with Crippen molar-refractivity contribution in [3.63, 3.8) is 0 Å². The fraction of sp³-hybridized carbons (Fsp3) is 0.100. The van der Waals surface area contributed by atoms with Gasteiger partial charge in [-0.3, -0.25) is 0 Å². The van der Waals surface area contributed by atoms with Crippen molar-refractivity contribution in [1.29, 1.82) is 0 Å². The van der Waals surface area contributed by atoms with Gasteiger partial charge in [0.2, 0.25) is 0 Å². The first-order valence-electron chi connectivity index (χ1n) is 4.99. The van der Waals surface area contributed by atoms with E-state index in [0.717, 1.165) is 6.07 Å². The van der Waals surface area contributed by atoms with E-state index in [1.807, 2.05) is 4.72 Å². The molecule has 0 saturated heterocycles. The van der Waals surface area contributed by atoms with Crippen molar-refractivity contribution < 1.29 is 21.6 Å². The third-order valence-corrected chi connectivity index (χ3v) is 3.47. The fourth-order valence-electron chi connectivity index (χ4n) is 1.35. The van der Waals surface area contributed by atoms with Gasteiger partial charge in [-0.05, 0) is 19.1 Å². The van der Waals surface area contributed by atoms with Gasteiger partial charge in [0.05, 0.1) is 5.69 Å². The zero-order valence-electron chi connectivity index (χ0n) is 9.65. The number of nitrogens with two attached hydrogens (primary N) is 1. The van der Waals surface area contributed by atoms with E-state index in [4.69, 9.17) is 10.2 Å². The molecule has 0 amide bonds. The summed E-state index contributed by atoms with van der Waals surface area (Å²) in [6, 6.07) is 1.14. The number of hydrogen-bond donors (Lipinski definition) is 2. The topological polar surface area (TPSA) is 98.2 Å². The highest BCUT2D eigenvalue weighted by Gasteiger charge is 2.24. The Labute approximate surface area is 107 Å². The molecular formula is C10H9F2N3O3S. The fourth-order valence-corrected chi connectivity index (χ4v) is 2.41. The zero-order chi connectivity index (χ0) is 14.2. The van der Waals surface area contributed by atoms with Gasteiger partial charge in [-0.2, -0.15) is 4.98 Å². The second-order valence-corrected chi connectivity index (χ2v) is 5.37. The molecule has 3 N–H and O–H groups in total. The molecular weight excluding hydrogens is 280 g/mol. The van der Waals surface area contributed by atoms with Gasteiger partial charge in [0.25, 0.3) is 10.0 Å². The van der Waals surface area contributed by atoms with Crippen molar-refractivity contribution >= 4 is 21.7 Å². The first-order valence-corrected chi connectivity index (χ1v) is 6.47. The molecule has 102 valence electrons. The molecule has 1 aromatic carbocycles. The molecule has 6 nitrogen and oxygen atoms in total. The minimum atomic E-state index is -4.38. The number of rotatable bonds is 3. The van der Waals surface area contributed by atoms with E-state index in [1.54, 1.807) is 6.92 Å². The zero-order valence-corrected chi connectivity index (χ0v) is 10.5. The lowest BCUT2D eigenvalue weighted by atomic mass is 10.3. The Bertz CT molecular complexity index is 728. The van der Waals surface area contributed by atoms with Gasteiger partial charge < -0.3 is 10.2 Å². The molecule has 2 rings (SSSR count). The van der Waals surface area contributed by atoms with Crippen molar-refractivity contribution in [2.75, 3.05) is 10.5 Å². The minimum Gasteiger partial charge on any atom is -0.431 e. The molecule has 0 fully saturated rings. The maximum atomic E-state index is 13.5.